The second-order valence-electron chi connectivity index (χ2n) is 5.71. The first kappa shape index (κ1) is 12.5. The summed E-state index contributed by atoms with van der Waals surface area (Å²) in [6, 6.07) is 6.32. The molecule has 2 heterocycles. The molecule has 0 unspecified atom stereocenters. The Balaban J connectivity index is 1.40. The van der Waals surface area contributed by atoms with Crippen LogP contribution in [0.2, 0.25) is 0 Å². The Labute approximate surface area is 122 Å². The van der Waals surface area contributed by atoms with Gasteiger partial charge in [-0.15, -0.1) is 5.10 Å². The predicted octanol–water partition coefficient (Wildman–Crippen LogP) is 1.22. The number of aromatic amines is 1. The van der Waals surface area contributed by atoms with Gasteiger partial charge in [0.05, 0.1) is 0 Å². The second kappa shape index (κ2) is 4.96. The van der Waals surface area contributed by atoms with Crippen LogP contribution in [0.15, 0.2) is 18.2 Å². The summed E-state index contributed by atoms with van der Waals surface area (Å²) in [6.45, 7) is 2.34. The van der Waals surface area contributed by atoms with Crippen molar-refractivity contribution in [2.24, 2.45) is 0 Å². The van der Waals surface area contributed by atoms with Gasteiger partial charge in [-0.1, -0.05) is 18.2 Å². The van der Waals surface area contributed by atoms with Crippen LogP contribution in [0.3, 0.4) is 0 Å². The van der Waals surface area contributed by atoms with Gasteiger partial charge in [0.15, 0.2) is 0 Å². The lowest BCUT2D eigenvalue weighted by Gasteiger charge is -2.05. The SMILES string of the molecule is O=C(NCc1ccc2c(c1)CNC2)c1n[nH]c(C2CC2)n1. The molecular formula is C15H17N5O. The Kier molecular flexibility index (Phi) is 2.96. The summed E-state index contributed by atoms with van der Waals surface area (Å²) >= 11 is 0. The second-order valence-corrected chi connectivity index (χ2v) is 5.71. The normalized spacial score (nSPS) is 16.8. The molecule has 1 aliphatic carbocycles. The van der Waals surface area contributed by atoms with Crippen LogP contribution in [0.1, 0.15) is 51.9 Å². The molecule has 2 aliphatic rings. The van der Waals surface area contributed by atoms with Gasteiger partial charge >= 0.3 is 0 Å². The first-order valence-electron chi connectivity index (χ1n) is 7.31. The van der Waals surface area contributed by atoms with E-state index in [1.807, 2.05) is 0 Å². The molecule has 1 aliphatic heterocycles. The van der Waals surface area contributed by atoms with Crippen molar-refractivity contribution in [3.05, 3.63) is 46.5 Å². The summed E-state index contributed by atoms with van der Waals surface area (Å²) in [5.74, 6) is 1.32. The molecule has 6 heteroatoms. The molecule has 2 aromatic rings. The number of nitrogens with zero attached hydrogens (tertiary/aromatic N) is 2. The summed E-state index contributed by atoms with van der Waals surface area (Å²) < 4.78 is 0. The molecule has 4 rings (SSSR count). The molecule has 1 aromatic carbocycles. The van der Waals surface area contributed by atoms with Gasteiger partial charge in [-0.2, -0.15) is 0 Å². The van der Waals surface area contributed by atoms with Gasteiger partial charge in [-0.3, -0.25) is 9.89 Å². The van der Waals surface area contributed by atoms with E-state index < -0.39 is 0 Å². The van der Waals surface area contributed by atoms with Gasteiger partial charge in [-0.05, 0) is 29.5 Å². The average Bonchev–Trinajstić information content (AvgIpc) is 3.05. The van der Waals surface area contributed by atoms with E-state index in [2.05, 4.69) is 44.0 Å². The topological polar surface area (TPSA) is 82.7 Å². The first-order chi connectivity index (χ1) is 10.3. The third-order valence-corrected chi connectivity index (χ3v) is 4.02. The van der Waals surface area contributed by atoms with Crippen LogP contribution >= 0.6 is 0 Å². The van der Waals surface area contributed by atoms with Crippen molar-refractivity contribution < 1.29 is 4.79 Å². The zero-order valence-corrected chi connectivity index (χ0v) is 11.6. The molecule has 0 bridgehead atoms. The molecule has 1 amide bonds. The quantitative estimate of drug-likeness (QED) is 0.788. The Morgan fingerprint density at radius 2 is 2.14 bits per heavy atom. The number of amides is 1. The highest BCUT2D eigenvalue weighted by Crippen LogP contribution is 2.37. The summed E-state index contributed by atoms with van der Waals surface area (Å²) in [7, 11) is 0. The zero-order valence-electron chi connectivity index (χ0n) is 11.6. The molecule has 0 atom stereocenters. The number of carbonyl (C=O) groups excluding carboxylic acids is 1. The van der Waals surface area contributed by atoms with Gasteiger partial charge in [0, 0.05) is 25.6 Å². The number of fused-ring (bicyclic) bond motifs is 1. The molecule has 3 N–H and O–H groups in total. The van der Waals surface area contributed by atoms with Crippen molar-refractivity contribution >= 4 is 5.91 Å². The molecule has 1 aromatic heterocycles. The Bertz CT molecular complexity index is 689. The van der Waals surface area contributed by atoms with E-state index in [1.54, 1.807) is 0 Å². The van der Waals surface area contributed by atoms with Gasteiger partial charge in [0.2, 0.25) is 5.82 Å². The van der Waals surface area contributed by atoms with Gasteiger partial charge in [0.25, 0.3) is 5.91 Å². The number of aromatic nitrogens is 3. The van der Waals surface area contributed by atoms with Crippen LogP contribution in [0, 0.1) is 0 Å². The predicted molar refractivity (Wildman–Crippen MR) is 76.5 cm³/mol. The molecule has 0 spiro atoms. The van der Waals surface area contributed by atoms with Crippen molar-refractivity contribution in [1.29, 1.82) is 0 Å². The van der Waals surface area contributed by atoms with Crippen molar-refractivity contribution in [2.75, 3.05) is 0 Å². The highest BCUT2D eigenvalue weighted by molar-refractivity contribution is 5.90. The molecule has 6 nitrogen and oxygen atoms in total. The summed E-state index contributed by atoms with van der Waals surface area (Å²) in [4.78, 5) is 16.3. The van der Waals surface area contributed by atoms with Crippen LogP contribution < -0.4 is 10.6 Å². The molecule has 1 fully saturated rings. The van der Waals surface area contributed by atoms with Crippen molar-refractivity contribution in [3.8, 4) is 0 Å². The highest BCUT2D eigenvalue weighted by atomic mass is 16.2. The Morgan fingerprint density at radius 3 is 3.00 bits per heavy atom. The van der Waals surface area contributed by atoms with Crippen LogP contribution in [-0.4, -0.2) is 21.1 Å². The third-order valence-electron chi connectivity index (χ3n) is 4.02. The molecule has 108 valence electrons. The number of nitrogens with one attached hydrogen (secondary N) is 3. The monoisotopic (exact) mass is 283 g/mol. The Hall–Kier alpha value is -2.21. The molecular weight excluding hydrogens is 266 g/mol. The van der Waals surface area contributed by atoms with E-state index in [0.717, 1.165) is 37.3 Å². The summed E-state index contributed by atoms with van der Waals surface area (Å²) in [5.41, 5.74) is 3.76. The zero-order chi connectivity index (χ0) is 14.2. The minimum atomic E-state index is -0.225. The smallest absolute Gasteiger partial charge is 0.291 e. The lowest BCUT2D eigenvalue weighted by Crippen LogP contribution is -2.24. The van der Waals surface area contributed by atoms with Gasteiger partial charge < -0.3 is 10.6 Å². The number of hydrogen-bond acceptors (Lipinski definition) is 4. The lowest BCUT2D eigenvalue weighted by atomic mass is 10.1. The molecule has 0 radical (unpaired) electrons. The highest BCUT2D eigenvalue weighted by Gasteiger charge is 2.28. The number of benzene rings is 1. The number of H-pyrrole nitrogens is 1. The maximum atomic E-state index is 12.0. The minimum Gasteiger partial charge on any atom is -0.345 e. The minimum absolute atomic E-state index is 0.225. The summed E-state index contributed by atoms with van der Waals surface area (Å²) in [6.07, 6.45) is 2.28. The maximum absolute atomic E-state index is 12.0. The number of hydrogen-bond donors (Lipinski definition) is 3. The van der Waals surface area contributed by atoms with Crippen molar-refractivity contribution in [2.45, 2.75) is 38.4 Å². The number of carbonyl (C=O) groups is 1. The molecule has 21 heavy (non-hydrogen) atoms. The van der Waals surface area contributed by atoms with Gasteiger partial charge in [-0.25, -0.2) is 4.98 Å². The van der Waals surface area contributed by atoms with E-state index in [-0.39, 0.29) is 11.7 Å². The van der Waals surface area contributed by atoms with Crippen LogP contribution in [0.25, 0.3) is 0 Å². The first-order valence-corrected chi connectivity index (χ1v) is 7.31. The van der Waals surface area contributed by atoms with E-state index in [9.17, 15) is 4.79 Å². The van der Waals surface area contributed by atoms with Gasteiger partial charge in [0.1, 0.15) is 5.82 Å². The fraction of sp³-hybridized carbons (Fsp3) is 0.400. The maximum Gasteiger partial charge on any atom is 0.291 e. The van der Waals surface area contributed by atoms with Crippen LogP contribution in [-0.2, 0) is 19.6 Å². The van der Waals surface area contributed by atoms with E-state index >= 15 is 0 Å². The van der Waals surface area contributed by atoms with Crippen LogP contribution in [0.5, 0.6) is 0 Å². The summed E-state index contributed by atoms with van der Waals surface area (Å²) in [5, 5.41) is 13.0. The largest absolute Gasteiger partial charge is 0.345 e. The lowest BCUT2D eigenvalue weighted by molar-refractivity contribution is 0.0941. The van der Waals surface area contributed by atoms with E-state index in [4.69, 9.17) is 0 Å². The van der Waals surface area contributed by atoms with Crippen molar-refractivity contribution in [3.63, 3.8) is 0 Å². The fourth-order valence-electron chi connectivity index (χ4n) is 2.63. The molecule has 0 saturated heterocycles. The van der Waals surface area contributed by atoms with E-state index in [0.29, 0.717) is 12.5 Å². The van der Waals surface area contributed by atoms with E-state index in [1.165, 1.54) is 11.1 Å². The van der Waals surface area contributed by atoms with Crippen LogP contribution in [0.4, 0.5) is 0 Å². The van der Waals surface area contributed by atoms with Crippen molar-refractivity contribution in [1.82, 2.24) is 25.8 Å². The number of rotatable bonds is 4. The fourth-order valence-corrected chi connectivity index (χ4v) is 2.63. The Morgan fingerprint density at radius 1 is 1.29 bits per heavy atom. The standard InChI is InChI=1S/C15H17N5O/c21-15(14-18-13(19-20-14)10-3-4-10)17-6-9-1-2-11-7-16-8-12(11)5-9/h1-2,5,10,16H,3-4,6-8H2,(H,17,21)(H,18,19,20). The molecule has 1 saturated carbocycles. The third kappa shape index (κ3) is 2.54. The average molecular weight is 283 g/mol.